The Morgan fingerprint density at radius 1 is 1.32 bits per heavy atom. The second-order valence-electron chi connectivity index (χ2n) is 6.87. The highest BCUT2D eigenvalue weighted by atomic mass is 35.5. The van der Waals surface area contributed by atoms with Gasteiger partial charge >= 0.3 is 0 Å². The molecule has 0 aromatic heterocycles. The summed E-state index contributed by atoms with van der Waals surface area (Å²) in [5.41, 5.74) is 7.37. The van der Waals surface area contributed by atoms with Crippen molar-refractivity contribution in [2.45, 2.75) is 36.8 Å². The number of hydrogen-bond acceptors (Lipinski definition) is 5. The number of halogens is 1. The normalized spacial score (nSPS) is 25.4. The molecule has 1 saturated heterocycles. The third-order valence-corrected chi connectivity index (χ3v) is 5.49. The molecule has 1 heterocycles. The van der Waals surface area contributed by atoms with Crippen LogP contribution in [0.25, 0.3) is 0 Å². The van der Waals surface area contributed by atoms with Crippen molar-refractivity contribution >= 4 is 34.0 Å². The van der Waals surface area contributed by atoms with Gasteiger partial charge in [0.05, 0.1) is 24.9 Å². The van der Waals surface area contributed by atoms with Gasteiger partial charge in [-0.1, -0.05) is 12.1 Å². The summed E-state index contributed by atoms with van der Waals surface area (Å²) >= 11 is 0. The fraction of sp³-hybridized carbons (Fsp3) is 0.562. The number of benzene rings is 1. The van der Waals surface area contributed by atoms with E-state index in [4.69, 9.17) is 5.73 Å². The maximum atomic E-state index is 12.2. The minimum atomic E-state index is -3.21. The van der Waals surface area contributed by atoms with Crippen molar-refractivity contribution in [2.75, 3.05) is 24.2 Å². The summed E-state index contributed by atoms with van der Waals surface area (Å²) in [6.45, 7) is 0.629. The number of aliphatic hydroxyl groups excluding tert-OH is 1. The van der Waals surface area contributed by atoms with E-state index >= 15 is 0 Å². The van der Waals surface area contributed by atoms with Crippen LogP contribution in [0.3, 0.4) is 0 Å². The monoisotopic (exact) mass is 389 g/mol. The van der Waals surface area contributed by atoms with Gasteiger partial charge in [0.25, 0.3) is 0 Å². The zero-order chi connectivity index (χ0) is 17.5. The summed E-state index contributed by atoms with van der Waals surface area (Å²) < 4.78 is 25.2. The van der Waals surface area contributed by atoms with Gasteiger partial charge in [0.15, 0.2) is 0 Å². The number of sulfonamides is 1. The van der Waals surface area contributed by atoms with Crippen LogP contribution in [0.1, 0.15) is 24.8 Å². The predicted octanol–water partition coefficient (Wildman–Crippen LogP) is 0.114. The molecule has 1 aliphatic carbocycles. The molecule has 25 heavy (non-hydrogen) atoms. The minimum absolute atomic E-state index is 0. The van der Waals surface area contributed by atoms with E-state index in [2.05, 4.69) is 4.72 Å². The maximum Gasteiger partial charge on any atom is 0.244 e. The molecule has 0 unspecified atom stereocenters. The van der Waals surface area contributed by atoms with E-state index in [0.29, 0.717) is 12.2 Å². The largest absolute Gasteiger partial charge is 0.391 e. The molecule has 0 spiro atoms. The molecule has 2 aliphatic rings. The van der Waals surface area contributed by atoms with Crippen LogP contribution in [-0.4, -0.2) is 50.9 Å². The van der Waals surface area contributed by atoms with Crippen LogP contribution in [0.15, 0.2) is 24.3 Å². The summed E-state index contributed by atoms with van der Waals surface area (Å²) in [6.07, 6.45) is 2.68. The number of carbonyl (C=O) groups is 1. The Balaban J connectivity index is 0.00000225. The van der Waals surface area contributed by atoms with E-state index in [1.165, 1.54) is 4.90 Å². The quantitative estimate of drug-likeness (QED) is 0.661. The topological polar surface area (TPSA) is 113 Å². The first-order valence-corrected chi connectivity index (χ1v) is 9.90. The van der Waals surface area contributed by atoms with Crippen LogP contribution in [0.5, 0.6) is 0 Å². The predicted molar refractivity (Wildman–Crippen MR) is 98.4 cm³/mol. The zero-order valence-electron chi connectivity index (χ0n) is 14.0. The Labute approximate surface area is 154 Å². The number of rotatable bonds is 5. The standard InChI is InChI=1S/C16H23N3O4S.ClH/c1-24(22,23)18-10-16(6-7-16)11-2-4-12(5-3-11)19-9-13(20)8-14(17)15(19)21;/h2-5,13-14,18,20H,6-10,17H2,1H3;1H/t13-,14-;/m0./s1. The highest BCUT2D eigenvalue weighted by Gasteiger charge is 2.44. The van der Waals surface area contributed by atoms with Crippen LogP contribution < -0.4 is 15.4 Å². The number of carbonyl (C=O) groups excluding carboxylic acids is 1. The van der Waals surface area contributed by atoms with Crippen molar-refractivity contribution < 1.29 is 18.3 Å². The summed E-state index contributed by atoms with van der Waals surface area (Å²) in [4.78, 5) is 13.7. The highest BCUT2D eigenvalue weighted by molar-refractivity contribution is 7.88. The molecule has 2 atom stereocenters. The Kier molecular flexibility index (Phi) is 5.80. The summed E-state index contributed by atoms with van der Waals surface area (Å²) in [6, 6.07) is 6.83. The second kappa shape index (κ2) is 7.20. The van der Waals surface area contributed by atoms with Crippen molar-refractivity contribution in [3.05, 3.63) is 29.8 Å². The Morgan fingerprint density at radius 2 is 1.92 bits per heavy atom. The van der Waals surface area contributed by atoms with Crippen molar-refractivity contribution in [1.82, 2.24) is 4.72 Å². The van der Waals surface area contributed by atoms with Gasteiger partial charge in [-0.2, -0.15) is 0 Å². The Bertz CT molecular complexity index is 734. The average Bonchev–Trinajstić information content (AvgIpc) is 3.30. The van der Waals surface area contributed by atoms with Gasteiger partial charge in [0.2, 0.25) is 15.9 Å². The van der Waals surface area contributed by atoms with E-state index < -0.39 is 22.2 Å². The van der Waals surface area contributed by atoms with Gasteiger partial charge in [0, 0.05) is 17.6 Å². The zero-order valence-corrected chi connectivity index (χ0v) is 15.6. The lowest BCUT2D eigenvalue weighted by atomic mass is 9.95. The van der Waals surface area contributed by atoms with Crippen molar-refractivity contribution in [3.8, 4) is 0 Å². The van der Waals surface area contributed by atoms with E-state index in [1.807, 2.05) is 24.3 Å². The molecule has 0 radical (unpaired) electrons. The lowest BCUT2D eigenvalue weighted by Gasteiger charge is -2.33. The molecule has 2 fully saturated rings. The molecule has 7 nitrogen and oxygen atoms in total. The molecule has 3 rings (SSSR count). The first-order chi connectivity index (χ1) is 11.2. The molecule has 140 valence electrons. The summed E-state index contributed by atoms with van der Waals surface area (Å²) in [5, 5.41) is 9.83. The van der Waals surface area contributed by atoms with Gasteiger partial charge in [-0.15, -0.1) is 12.4 Å². The average molecular weight is 390 g/mol. The number of β-amino-alcohol motifs (C(OH)–C–C–N with tert-alkyl or cyclic N) is 1. The van der Waals surface area contributed by atoms with Gasteiger partial charge in [-0.05, 0) is 37.0 Å². The lowest BCUT2D eigenvalue weighted by molar-refractivity contribution is -0.122. The molecule has 1 aromatic rings. The molecule has 1 amide bonds. The van der Waals surface area contributed by atoms with Gasteiger partial charge in [0.1, 0.15) is 0 Å². The van der Waals surface area contributed by atoms with Crippen molar-refractivity contribution in [3.63, 3.8) is 0 Å². The van der Waals surface area contributed by atoms with Gasteiger partial charge in [-0.3, -0.25) is 4.79 Å². The molecule has 0 bridgehead atoms. The number of anilines is 1. The van der Waals surface area contributed by atoms with Gasteiger partial charge in [-0.25, -0.2) is 13.1 Å². The van der Waals surface area contributed by atoms with Gasteiger partial charge < -0.3 is 15.7 Å². The molecule has 1 aliphatic heterocycles. The number of piperidine rings is 1. The van der Waals surface area contributed by atoms with Crippen molar-refractivity contribution in [2.24, 2.45) is 5.73 Å². The van der Waals surface area contributed by atoms with Crippen LogP contribution in [0, 0.1) is 0 Å². The molecule has 1 aromatic carbocycles. The van der Waals surface area contributed by atoms with E-state index in [0.717, 1.165) is 24.7 Å². The van der Waals surface area contributed by atoms with Crippen LogP contribution in [-0.2, 0) is 20.2 Å². The molecular formula is C16H24ClN3O4S. The molecule has 1 saturated carbocycles. The number of hydrogen-bond donors (Lipinski definition) is 3. The smallest absolute Gasteiger partial charge is 0.244 e. The van der Waals surface area contributed by atoms with Crippen LogP contribution in [0.2, 0.25) is 0 Å². The highest BCUT2D eigenvalue weighted by Crippen LogP contribution is 2.48. The third-order valence-electron chi connectivity index (χ3n) is 4.82. The van der Waals surface area contributed by atoms with Crippen LogP contribution >= 0.6 is 12.4 Å². The molecule has 9 heteroatoms. The van der Waals surface area contributed by atoms with Crippen molar-refractivity contribution in [1.29, 1.82) is 0 Å². The summed E-state index contributed by atoms with van der Waals surface area (Å²) in [7, 11) is -3.21. The van der Waals surface area contributed by atoms with E-state index in [-0.39, 0.29) is 36.7 Å². The maximum absolute atomic E-state index is 12.2. The number of nitrogens with zero attached hydrogens (tertiary/aromatic N) is 1. The SMILES string of the molecule is CS(=O)(=O)NCC1(c2ccc(N3C[C@@H](O)C[C@H](N)C3=O)cc2)CC1.Cl. The minimum Gasteiger partial charge on any atom is -0.391 e. The molecular weight excluding hydrogens is 366 g/mol. The van der Waals surface area contributed by atoms with E-state index in [1.54, 1.807) is 0 Å². The number of nitrogens with one attached hydrogen (secondary N) is 1. The number of aliphatic hydroxyl groups is 1. The first kappa shape index (κ1) is 20.1. The Hall–Kier alpha value is -1.19. The fourth-order valence-corrected chi connectivity index (χ4v) is 3.72. The van der Waals surface area contributed by atoms with Crippen LogP contribution in [0.4, 0.5) is 5.69 Å². The number of amides is 1. The first-order valence-electron chi connectivity index (χ1n) is 8.00. The third kappa shape index (κ3) is 4.51. The second-order valence-corrected chi connectivity index (χ2v) is 8.70. The number of nitrogens with two attached hydrogens (primary N) is 1. The Morgan fingerprint density at radius 3 is 2.44 bits per heavy atom. The molecule has 4 N–H and O–H groups in total. The lowest BCUT2D eigenvalue weighted by Crippen LogP contribution is -2.53. The summed E-state index contributed by atoms with van der Waals surface area (Å²) in [5.74, 6) is -0.187. The van der Waals surface area contributed by atoms with E-state index in [9.17, 15) is 18.3 Å². The fourth-order valence-electron chi connectivity index (χ4n) is 3.18.